The Morgan fingerprint density at radius 2 is 2.28 bits per heavy atom. The number of ether oxygens (including phenoxy) is 2. The summed E-state index contributed by atoms with van der Waals surface area (Å²) in [5.41, 5.74) is 0.626. The highest BCUT2D eigenvalue weighted by Gasteiger charge is 2.47. The van der Waals surface area contributed by atoms with E-state index >= 15 is 0 Å². The summed E-state index contributed by atoms with van der Waals surface area (Å²) in [7, 11) is 0. The number of rotatable bonds is 5. The van der Waals surface area contributed by atoms with Crippen molar-refractivity contribution in [2.24, 2.45) is 11.3 Å². The Labute approximate surface area is 149 Å². The van der Waals surface area contributed by atoms with Crippen LogP contribution in [0, 0.1) is 11.3 Å². The summed E-state index contributed by atoms with van der Waals surface area (Å²) in [6, 6.07) is 3.67. The van der Waals surface area contributed by atoms with Crippen molar-refractivity contribution in [1.82, 2.24) is 9.88 Å². The minimum Gasteiger partial charge on any atom is -0.380 e. The maximum absolute atomic E-state index is 12.9. The van der Waals surface area contributed by atoms with Crippen LogP contribution >= 0.6 is 0 Å². The van der Waals surface area contributed by atoms with Gasteiger partial charge < -0.3 is 14.4 Å². The van der Waals surface area contributed by atoms with Crippen LogP contribution in [0.3, 0.4) is 0 Å². The number of pyridine rings is 1. The van der Waals surface area contributed by atoms with Crippen LogP contribution in [0.25, 0.3) is 0 Å². The van der Waals surface area contributed by atoms with Crippen molar-refractivity contribution in [3.8, 4) is 0 Å². The summed E-state index contributed by atoms with van der Waals surface area (Å²) in [4.78, 5) is 18.9. The molecular formula is C20H28N2O3. The van der Waals surface area contributed by atoms with Crippen molar-refractivity contribution >= 4 is 5.91 Å². The highest BCUT2D eigenvalue weighted by molar-refractivity contribution is 5.94. The molecule has 0 bridgehead atoms. The highest BCUT2D eigenvalue weighted by Crippen LogP contribution is 2.41. The van der Waals surface area contributed by atoms with E-state index in [9.17, 15) is 4.79 Å². The van der Waals surface area contributed by atoms with Gasteiger partial charge in [-0.3, -0.25) is 9.78 Å². The second-order valence-corrected chi connectivity index (χ2v) is 7.89. The van der Waals surface area contributed by atoms with Gasteiger partial charge in [0.05, 0.1) is 18.3 Å². The Hall–Kier alpha value is -1.46. The van der Waals surface area contributed by atoms with E-state index in [1.54, 1.807) is 12.4 Å². The number of carbonyl (C=O) groups is 1. The molecule has 1 aromatic rings. The molecule has 3 heterocycles. The summed E-state index contributed by atoms with van der Waals surface area (Å²) >= 11 is 0. The molecule has 0 aromatic carbocycles. The molecule has 2 atom stereocenters. The Morgan fingerprint density at radius 1 is 1.36 bits per heavy atom. The lowest BCUT2D eigenvalue weighted by Gasteiger charge is -2.50. The highest BCUT2D eigenvalue weighted by atomic mass is 16.5. The Kier molecular flexibility index (Phi) is 5.04. The Morgan fingerprint density at radius 3 is 3.04 bits per heavy atom. The molecule has 4 rings (SSSR count). The average Bonchev–Trinajstić information content (AvgIpc) is 2.63. The van der Waals surface area contributed by atoms with E-state index in [4.69, 9.17) is 9.47 Å². The van der Waals surface area contributed by atoms with E-state index in [1.165, 1.54) is 19.3 Å². The van der Waals surface area contributed by atoms with Gasteiger partial charge in [-0.2, -0.15) is 0 Å². The van der Waals surface area contributed by atoms with Crippen molar-refractivity contribution in [2.45, 2.75) is 44.6 Å². The third-order valence-corrected chi connectivity index (χ3v) is 6.15. The first kappa shape index (κ1) is 17.0. The van der Waals surface area contributed by atoms with Crippen LogP contribution < -0.4 is 0 Å². The normalized spacial score (nSPS) is 29.8. The molecule has 3 aliphatic rings. The van der Waals surface area contributed by atoms with Crippen LogP contribution in [0.5, 0.6) is 0 Å². The van der Waals surface area contributed by atoms with E-state index < -0.39 is 0 Å². The van der Waals surface area contributed by atoms with Crippen LogP contribution in [-0.2, 0) is 9.47 Å². The summed E-state index contributed by atoms with van der Waals surface area (Å²) in [6.07, 6.45) is 10.6. The van der Waals surface area contributed by atoms with Gasteiger partial charge in [-0.05, 0) is 50.2 Å². The van der Waals surface area contributed by atoms with Gasteiger partial charge in [-0.15, -0.1) is 0 Å². The third-order valence-electron chi connectivity index (χ3n) is 6.15. The van der Waals surface area contributed by atoms with Crippen LogP contribution in [0.15, 0.2) is 24.5 Å². The largest absolute Gasteiger partial charge is 0.380 e. The summed E-state index contributed by atoms with van der Waals surface area (Å²) in [5.74, 6) is 0.826. The van der Waals surface area contributed by atoms with Crippen LogP contribution in [-0.4, -0.2) is 54.8 Å². The Balaban J connectivity index is 1.44. The lowest BCUT2D eigenvalue weighted by molar-refractivity contribution is -0.150. The van der Waals surface area contributed by atoms with Crippen LogP contribution in [0.1, 0.15) is 48.9 Å². The summed E-state index contributed by atoms with van der Waals surface area (Å²) in [6.45, 7) is 3.90. The average molecular weight is 344 g/mol. The first-order valence-corrected chi connectivity index (χ1v) is 9.65. The molecule has 1 aliphatic carbocycles. The summed E-state index contributed by atoms with van der Waals surface area (Å²) < 4.78 is 12.2. The molecular weight excluding hydrogens is 316 g/mol. The minimum atomic E-state index is -0.0435. The fraction of sp³-hybridized carbons (Fsp3) is 0.700. The predicted octanol–water partition coefficient (Wildman–Crippen LogP) is 2.91. The maximum atomic E-state index is 12.9. The van der Waals surface area contributed by atoms with Gasteiger partial charge >= 0.3 is 0 Å². The zero-order valence-electron chi connectivity index (χ0n) is 14.9. The number of fused-ring (bicyclic) bond motifs is 1. The number of aromatic nitrogens is 1. The van der Waals surface area contributed by atoms with Gasteiger partial charge in [-0.25, -0.2) is 0 Å². The molecule has 2 saturated heterocycles. The van der Waals surface area contributed by atoms with Crippen molar-refractivity contribution < 1.29 is 14.3 Å². The van der Waals surface area contributed by atoms with E-state index in [0.717, 1.165) is 51.5 Å². The fourth-order valence-corrected chi connectivity index (χ4v) is 4.43. The number of hydrogen-bond acceptors (Lipinski definition) is 4. The zero-order valence-corrected chi connectivity index (χ0v) is 14.9. The molecule has 136 valence electrons. The van der Waals surface area contributed by atoms with Gasteiger partial charge in [0.2, 0.25) is 0 Å². The van der Waals surface area contributed by atoms with Crippen molar-refractivity contribution in [2.75, 3.05) is 32.9 Å². The lowest BCUT2D eigenvalue weighted by Crippen LogP contribution is -2.58. The number of carbonyl (C=O) groups excluding carboxylic acids is 1. The Bertz CT molecular complexity index is 590. The third kappa shape index (κ3) is 3.58. The molecule has 5 heteroatoms. The second-order valence-electron chi connectivity index (χ2n) is 7.89. The molecule has 1 saturated carbocycles. The number of hydrogen-bond donors (Lipinski definition) is 0. The van der Waals surface area contributed by atoms with Gasteiger partial charge in [-0.1, -0.05) is 6.42 Å². The maximum Gasteiger partial charge on any atom is 0.255 e. The van der Waals surface area contributed by atoms with E-state index in [2.05, 4.69) is 4.98 Å². The molecule has 0 radical (unpaired) electrons. The van der Waals surface area contributed by atoms with Gasteiger partial charge in [0, 0.05) is 44.1 Å². The molecule has 2 aliphatic heterocycles. The van der Waals surface area contributed by atoms with Crippen molar-refractivity contribution in [3.63, 3.8) is 0 Å². The molecule has 1 aromatic heterocycles. The fourth-order valence-electron chi connectivity index (χ4n) is 4.43. The first-order chi connectivity index (χ1) is 12.3. The second kappa shape index (κ2) is 7.42. The minimum absolute atomic E-state index is 0.0435. The van der Waals surface area contributed by atoms with Crippen molar-refractivity contribution in [1.29, 1.82) is 0 Å². The quantitative estimate of drug-likeness (QED) is 0.824. The lowest BCUT2D eigenvalue weighted by atomic mass is 9.73. The van der Waals surface area contributed by atoms with E-state index in [1.807, 2.05) is 17.0 Å². The van der Waals surface area contributed by atoms with Gasteiger partial charge in [0.15, 0.2) is 0 Å². The molecule has 25 heavy (non-hydrogen) atoms. The molecule has 0 N–H and O–H groups in total. The number of likely N-dealkylation sites (tertiary alicyclic amines) is 1. The molecule has 0 unspecified atom stereocenters. The number of piperidine rings is 1. The SMILES string of the molecule is O=C(c1cccnc1)N1CC[C@@H]2OCCC[C@]2(COCC2CCC2)C1. The predicted molar refractivity (Wildman–Crippen MR) is 94.3 cm³/mol. The van der Waals surface area contributed by atoms with E-state index in [0.29, 0.717) is 12.2 Å². The van der Waals surface area contributed by atoms with E-state index in [-0.39, 0.29) is 17.4 Å². The first-order valence-electron chi connectivity index (χ1n) is 9.65. The standard InChI is InChI=1S/C20H28N2O3/c23-19(17-6-2-9-21-12-17)22-10-7-18-20(14-22,8-3-11-25-18)15-24-13-16-4-1-5-16/h2,6,9,12,16,18H,1,3-5,7-8,10-11,13-15H2/t18-,20+/m0/s1. The molecule has 1 amide bonds. The smallest absolute Gasteiger partial charge is 0.255 e. The molecule has 3 fully saturated rings. The van der Waals surface area contributed by atoms with Crippen molar-refractivity contribution in [3.05, 3.63) is 30.1 Å². The monoisotopic (exact) mass is 344 g/mol. The zero-order chi connectivity index (χ0) is 17.1. The molecule has 0 spiro atoms. The van der Waals surface area contributed by atoms with Crippen LogP contribution in [0.4, 0.5) is 0 Å². The number of amides is 1. The number of nitrogens with zero attached hydrogens (tertiary/aromatic N) is 2. The summed E-state index contributed by atoms with van der Waals surface area (Å²) in [5, 5.41) is 0. The molecule has 5 nitrogen and oxygen atoms in total. The van der Waals surface area contributed by atoms with Gasteiger partial charge in [0.1, 0.15) is 0 Å². The topological polar surface area (TPSA) is 51.7 Å². The van der Waals surface area contributed by atoms with Gasteiger partial charge in [0.25, 0.3) is 5.91 Å². The van der Waals surface area contributed by atoms with Crippen LogP contribution in [0.2, 0.25) is 0 Å².